The third-order valence-electron chi connectivity index (χ3n) is 5.24. The molecule has 1 fully saturated rings. The first-order valence-electron chi connectivity index (χ1n) is 9.71. The van der Waals surface area contributed by atoms with E-state index in [-0.39, 0.29) is 5.91 Å². The highest BCUT2D eigenvalue weighted by atomic mass is 32.1. The van der Waals surface area contributed by atoms with Gasteiger partial charge in [-0.05, 0) is 36.7 Å². The molecule has 1 aromatic carbocycles. The van der Waals surface area contributed by atoms with Gasteiger partial charge in [0.2, 0.25) is 0 Å². The first kappa shape index (κ1) is 18.9. The quantitative estimate of drug-likeness (QED) is 0.827. The highest BCUT2D eigenvalue weighted by Crippen LogP contribution is 2.29. The number of nitrogens with zero attached hydrogens (tertiary/aromatic N) is 5. The number of amides is 1. The van der Waals surface area contributed by atoms with Gasteiger partial charge in [-0.1, -0.05) is 12.1 Å². The molecule has 0 bridgehead atoms. The molecule has 148 valence electrons. The van der Waals surface area contributed by atoms with E-state index in [1.807, 2.05) is 4.90 Å². The van der Waals surface area contributed by atoms with E-state index in [9.17, 15) is 4.79 Å². The average molecular weight is 399 g/mol. The third kappa shape index (κ3) is 4.02. The lowest BCUT2D eigenvalue weighted by molar-refractivity contribution is -0.124. The molecule has 0 radical (unpaired) electrons. The number of anilines is 1. The summed E-state index contributed by atoms with van der Waals surface area (Å²) < 4.78 is 5.91. The summed E-state index contributed by atoms with van der Waals surface area (Å²) in [7, 11) is 0. The smallest absolute Gasteiger partial charge is 0.272 e. The molecule has 7 nitrogen and oxygen atoms in total. The van der Waals surface area contributed by atoms with Gasteiger partial charge in [-0.25, -0.2) is 0 Å². The van der Waals surface area contributed by atoms with E-state index in [1.54, 1.807) is 24.5 Å². The average Bonchev–Trinajstić information content (AvgIpc) is 3.13. The molecule has 0 spiro atoms. The summed E-state index contributed by atoms with van der Waals surface area (Å²) in [4.78, 5) is 23.5. The van der Waals surface area contributed by atoms with Crippen LogP contribution in [0.2, 0.25) is 0 Å². The number of hydrogen-bond acceptors (Lipinski definition) is 7. The van der Waals surface area contributed by atoms with Gasteiger partial charge >= 0.3 is 0 Å². The van der Waals surface area contributed by atoms with Crippen LogP contribution in [0.3, 0.4) is 0 Å². The second-order valence-corrected chi connectivity index (χ2v) is 8.08. The lowest BCUT2D eigenvalue weighted by Gasteiger charge is -2.36. The SMILES string of the molecule is C/C(N)=C/C1=NCCN(CCN2CCN(c3nsc4ccccc34)CC2)C1=O. The van der Waals surface area contributed by atoms with Crippen molar-refractivity contribution in [2.75, 3.05) is 57.3 Å². The maximum atomic E-state index is 12.5. The number of piperazine rings is 1. The van der Waals surface area contributed by atoms with Gasteiger partial charge < -0.3 is 15.5 Å². The molecule has 0 saturated carbocycles. The summed E-state index contributed by atoms with van der Waals surface area (Å²) in [6, 6.07) is 8.41. The maximum absolute atomic E-state index is 12.5. The molecule has 0 unspecified atom stereocenters. The van der Waals surface area contributed by atoms with Gasteiger partial charge in [0.25, 0.3) is 5.91 Å². The minimum atomic E-state index is -0.0105. The summed E-state index contributed by atoms with van der Waals surface area (Å²) in [5.74, 6) is 1.10. The standard InChI is InChI=1S/C20H26N6OS/c1-15(21)14-17-20(27)26(7-6-22-17)13-10-24-8-11-25(12-9-24)19-16-4-2-3-5-18(16)28-23-19/h2-5,14H,6-13,21H2,1H3/b15-14-. The summed E-state index contributed by atoms with van der Waals surface area (Å²) in [5, 5.41) is 1.25. The van der Waals surface area contributed by atoms with E-state index in [1.165, 1.54) is 10.1 Å². The Morgan fingerprint density at radius 1 is 1.18 bits per heavy atom. The van der Waals surface area contributed by atoms with Crippen LogP contribution < -0.4 is 10.6 Å². The zero-order valence-electron chi connectivity index (χ0n) is 16.2. The van der Waals surface area contributed by atoms with E-state index >= 15 is 0 Å². The molecule has 3 heterocycles. The summed E-state index contributed by atoms with van der Waals surface area (Å²) in [5.41, 5.74) is 6.79. The number of hydrogen-bond donors (Lipinski definition) is 1. The van der Waals surface area contributed by atoms with Gasteiger partial charge in [0.15, 0.2) is 0 Å². The number of rotatable bonds is 5. The lowest BCUT2D eigenvalue weighted by atomic mass is 10.2. The molecular weight excluding hydrogens is 372 g/mol. The number of carbonyl (C=O) groups is 1. The largest absolute Gasteiger partial charge is 0.402 e. The van der Waals surface area contributed by atoms with Crippen molar-refractivity contribution in [1.82, 2.24) is 14.2 Å². The van der Waals surface area contributed by atoms with Crippen molar-refractivity contribution < 1.29 is 4.79 Å². The van der Waals surface area contributed by atoms with E-state index in [2.05, 4.69) is 43.4 Å². The van der Waals surface area contributed by atoms with Crippen LogP contribution in [0.25, 0.3) is 10.1 Å². The van der Waals surface area contributed by atoms with Crippen molar-refractivity contribution in [3.8, 4) is 0 Å². The number of aliphatic imine (C=N–C) groups is 1. The Kier molecular flexibility index (Phi) is 5.59. The Bertz CT molecular complexity index is 908. The topological polar surface area (TPSA) is 78.1 Å². The minimum absolute atomic E-state index is 0.0105. The number of aromatic nitrogens is 1. The fourth-order valence-corrected chi connectivity index (χ4v) is 4.50. The fourth-order valence-electron chi connectivity index (χ4n) is 3.70. The van der Waals surface area contributed by atoms with Crippen LogP contribution in [-0.2, 0) is 4.79 Å². The molecular formula is C20H26N6OS. The Balaban J connectivity index is 1.30. The summed E-state index contributed by atoms with van der Waals surface area (Å²) in [6.45, 7) is 8.62. The van der Waals surface area contributed by atoms with Crippen molar-refractivity contribution in [3.63, 3.8) is 0 Å². The number of nitrogens with two attached hydrogens (primary N) is 1. The molecule has 28 heavy (non-hydrogen) atoms. The van der Waals surface area contributed by atoms with Gasteiger partial charge in [0.1, 0.15) is 11.5 Å². The first-order valence-corrected chi connectivity index (χ1v) is 10.5. The van der Waals surface area contributed by atoms with Crippen LogP contribution in [0.5, 0.6) is 0 Å². The van der Waals surface area contributed by atoms with E-state index < -0.39 is 0 Å². The Morgan fingerprint density at radius 3 is 2.75 bits per heavy atom. The molecule has 2 N–H and O–H groups in total. The fraction of sp³-hybridized carbons (Fsp3) is 0.450. The molecule has 4 rings (SSSR count). The predicted octanol–water partition coefficient (Wildman–Crippen LogP) is 1.56. The van der Waals surface area contributed by atoms with Crippen LogP contribution in [0.15, 0.2) is 41.0 Å². The van der Waals surface area contributed by atoms with Crippen molar-refractivity contribution >= 4 is 39.1 Å². The van der Waals surface area contributed by atoms with E-state index in [4.69, 9.17) is 5.73 Å². The highest BCUT2D eigenvalue weighted by Gasteiger charge is 2.24. The van der Waals surface area contributed by atoms with E-state index in [0.717, 1.165) is 45.1 Å². The predicted molar refractivity (Wildman–Crippen MR) is 115 cm³/mol. The van der Waals surface area contributed by atoms with Crippen LogP contribution in [-0.4, -0.2) is 78.2 Å². The Hall–Kier alpha value is -2.45. The third-order valence-corrected chi connectivity index (χ3v) is 6.06. The van der Waals surface area contributed by atoms with Crippen LogP contribution in [0, 0.1) is 0 Å². The highest BCUT2D eigenvalue weighted by molar-refractivity contribution is 7.13. The van der Waals surface area contributed by atoms with Crippen LogP contribution in [0.4, 0.5) is 5.82 Å². The number of benzene rings is 1. The van der Waals surface area contributed by atoms with Crippen LogP contribution >= 0.6 is 11.5 Å². The van der Waals surface area contributed by atoms with Crippen molar-refractivity contribution in [2.24, 2.45) is 10.7 Å². The summed E-state index contributed by atoms with van der Waals surface area (Å²) >= 11 is 1.57. The minimum Gasteiger partial charge on any atom is -0.402 e. The Labute approximate surface area is 169 Å². The summed E-state index contributed by atoms with van der Waals surface area (Å²) in [6.07, 6.45) is 1.67. The second kappa shape index (κ2) is 8.28. The molecule has 1 amide bonds. The van der Waals surface area contributed by atoms with Gasteiger partial charge in [0, 0.05) is 56.9 Å². The van der Waals surface area contributed by atoms with Crippen molar-refractivity contribution in [3.05, 3.63) is 36.0 Å². The zero-order valence-corrected chi connectivity index (χ0v) is 17.0. The first-order chi connectivity index (χ1) is 13.6. The van der Waals surface area contributed by atoms with Gasteiger partial charge in [-0.3, -0.25) is 14.7 Å². The van der Waals surface area contributed by atoms with Crippen LogP contribution in [0.1, 0.15) is 6.92 Å². The van der Waals surface area contributed by atoms with Crippen molar-refractivity contribution in [2.45, 2.75) is 6.92 Å². The van der Waals surface area contributed by atoms with Gasteiger partial charge in [-0.15, -0.1) is 0 Å². The molecule has 8 heteroatoms. The molecule has 0 aliphatic carbocycles. The Morgan fingerprint density at radius 2 is 1.96 bits per heavy atom. The maximum Gasteiger partial charge on any atom is 0.272 e. The number of allylic oxidation sites excluding steroid dienone is 1. The molecule has 2 aliphatic heterocycles. The normalized spacial score (nSPS) is 19.4. The van der Waals surface area contributed by atoms with Crippen molar-refractivity contribution in [1.29, 1.82) is 0 Å². The molecule has 1 aromatic heterocycles. The zero-order chi connectivity index (χ0) is 19.5. The molecule has 1 saturated heterocycles. The van der Waals surface area contributed by atoms with Gasteiger partial charge in [0.05, 0.1) is 11.2 Å². The lowest BCUT2D eigenvalue weighted by Crippen LogP contribution is -2.50. The molecule has 0 atom stereocenters. The second-order valence-electron chi connectivity index (χ2n) is 7.28. The molecule has 2 aliphatic rings. The van der Waals surface area contributed by atoms with Gasteiger partial charge in [-0.2, -0.15) is 4.37 Å². The number of fused-ring (bicyclic) bond motifs is 1. The number of carbonyl (C=O) groups excluding carboxylic acids is 1. The molecule has 2 aromatic rings. The monoisotopic (exact) mass is 398 g/mol. The van der Waals surface area contributed by atoms with E-state index in [0.29, 0.717) is 24.5 Å².